The van der Waals surface area contributed by atoms with Gasteiger partial charge in [-0.1, -0.05) is 22.8 Å². The Kier molecular flexibility index (Phi) is 6.65. The average Bonchev–Trinajstić information content (AvgIpc) is 2.86. The molecule has 0 saturated carbocycles. The SMILES string of the molecule is Cc1onc(-c2c(F)cccc2Cl)c1C(=O)NCC(F)(F)CN.Cl. The number of halogens is 5. The van der Waals surface area contributed by atoms with E-state index in [1.807, 2.05) is 5.32 Å². The molecule has 132 valence electrons. The van der Waals surface area contributed by atoms with Gasteiger partial charge in [0.2, 0.25) is 0 Å². The molecule has 3 N–H and O–H groups in total. The Balaban J connectivity index is 0.00000288. The summed E-state index contributed by atoms with van der Waals surface area (Å²) < 4.78 is 45.2. The number of carbonyl (C=O) groups excluding carboxylic acids is 1. The van der Waals surface area contributed by atoms with Crippen LogP contribution in [0, 0.1) is 12.7 Å². The predicted octanol–water partition coefficient (Wildman–Crippen LogP) is 3.19. The van der Waals surface area contributed by atoms with Gasteiger partial charge in [0.15, 0.2) is 0 Å². The molecule has 2 aromatic rings. The highest BCUT2D eigenvalue weighted by atomic mass is 35.5. The van der Waals surface area contributed by atoms with Gasteiger partial charge in [0.05, 0.1) is 23.7 Å². The molecule has 0 unspecified atom stereocenters. The second kappa shape index (κ2) is 7.87. The van der Waals surface area contributed by atoms with Crippen LogP contribution in [0.3, 0.4) is 0 Å². The van der Waals surface area contributed by atoms with Crippen molar-refractivity contribution in [3.63, 3.8) is 0 Å². The van der Waals surface area contributed by atoms with Crippen molar-refractivity contribution in [3.05, 3.63) is 40.4 Å². The minimum absolute atomic E-state index is 0. The topological polar surface area (TPSA) is 81.2 Å². The van der Waals surface area contributed by atoms with E-state index >= 15 is 0 Å². The van der Waals surface area contributed by atoms with Gasteiger partial charge in [-0.3, -0.25) is 4.79 Å². The second-order valence-electron chi connectivity index (χ2n) is 4.80. The molecular weight excluding hydrogens is 370 g/mol. The van der Waals surface area contributed by atoms with Gasteiger partial charge in [-0.05, 0) is 19.1 Å². The van der Waals surface area contributed by atoms with Crippen molar-refractivity contribution < 1.29 is 22.5 Å². The minimum Gasteiger partial charge on any atom is -0.360 e. The number of alkyl halides is 2. The predicted molar refractivity (Wildman–Crippen MR) is 85.2 cm³/mol. The minimum atomic E-state index is -3.25. The first-order chi connectivity index (χ1) is 10.8. The number of nitrogens with two attached hydrogens (primary N) is 1. The zero-order valence-corrected chi connectivity index (χ0v) is 14.0. The molecule has 5 nitrogen and oxygen atoms in total. The molecule has 0 saturated heterocycles. The number of aryl methyl sites for hydroxylation is 1. The first kappa shape index (κ1) is 20.3. The molecule has 1 aromatic carbocycles. The maximum absolute atomic E-state index is 14.0. The van der Waals surface area contributed by atoms with Crippen LogP contribution in [0.1, 0.15) is 16.1 Å². The summed E-state index contributed by atoms with van der Waals surface area (Å²) in [7, 11) is 0. The lowest BCUT2D eigenvalue weighted by atomic mass is 10.0. The van der Waals surface area contributed by atoms with E-state index in [2.05, 4.69) is 5.16 Å². The van der Waals surface area contributed by atoms with Gasteiger partial charge in [0, 0.05) is 0 Å². The summed E-state index contributed by atoms with van der Waals surface area (Å²) in [6.45, 7) is -0.472. The van der Waals surface area contributed by atoms with Crippen molar-refractivity contribution >= 4 is 29.9 Å². The molecule has 1 aromatic heterocycles. The number of benzene rings is 1. The van der Waals surface area contributed by atoms with Crippen molar-refractivity contribution in [1.29, 1.82) is 0 Å². The Morgan fingerprint density at radius 2 is 2.12 bits per heavy atom. The Hall–Kier alpha value is -1.77. The van der Waals surface area contributed by atoms with Crippen LogP contribution in [-0.4, -0.2) is 30.1 Å². The molecular formula is C14H14Cl2F3N3O2. The number of hydrogen-bond acceptors (Lipinski definition) is 4. The number of rotatable bonds is 5. The van der Waals surface area contributed by atoms with Gasteiger partial charge in [0.25, 0.3) is 11.8 Å². The highest BCUT2D eigenvalue weighted by Crippen LogP contribution is 2.33. The molecule has 0 aliphatic carbocycles. The van der Waals surface area contributed by atoms with Crippen LogP contribution >= 0.6 is 24.0 Å². The lowest BCUT2D eigenvalue weighted by molar-refractivity contribution is 0.0118. The third kappa shape index (κ3) is 4.19. The van der Waals surface area contributed by atoms with E-state index in [0.29, 0.717) is 0 Å². The van der Waals surface area contributed by atoms with E-state index in [4.69, 9.17) is 21.9 Å². The molecule has 1 amide bonds. The number of hydrogen-bond donors (Lipinski definition) is 2. The van der Waals surface area contributed by atoms with Crippen LogP contribution in [0.4, 0.5) is 13.2 Å². The van der Waals surface area contributed by atoms with Gasteiger partial charge >= 0.3 is 0 Å². The zero-order chi connectivity index (χ0) is 17.2. The summed E-state index contributed by atoms with van der Waals surface area (Å²) in [5, 5.41) is 5.67. The molecule has 0 radical (unpaired) electrons. The van der Waals surface area contributed by atoms with Gasteiger partial charge in [-0.15, -0.1) is 12.4 Å². The summed E-state index contributed by atoms with van der Waals surface area (Å²) in [5.41, 5.74) is 4.45. The summed E-state index contributed by atoms with van der Waals surface area (Å²) in [5.74, 6) is -4.80. The standard InChI is InChI=1S/C14H13ClF3N3O2.ClH/c1-7-10(13(22)20-6-14(17,18)5-19)12(21-23-7)11-8(15)3-2-4-9(11)16;/h2-4H,5-6,19H2,1H3,(H,20,22);1H. The van der Waals surface area contributed by atoms with Gasteiger partial charge in [-0.25, -0.2) is 13.2 Å². The Morgan fingerprint density at radius 3 is 2.71 bits per heavy atom. The number of nitrogens with zero attached hydrogens (tertiary/aromatic N) is 1. The third-order valence-electron chi connectivity index (χ3n) is 3.10. The van der Waals surface area contributed by atoms with Crippen LogP contribution in [0.5, 0.6) is 0 Å². The van der Waals surface area contributed by atoms with E-state index in [0.717, 1.165) is 6.07 Å². The fourth-order valence-corrected chi connectivity index (χ4v) is 2.16. The van der Waals surface area contributed by atoms with Crippen LogP contribution in [-0.2, 0) is 0 Å². The third-order valence-corrected chi connectivity index (χ3v) is 3.41. The zero-order valence-electron chi connectivity index (χ0n) is 12.4. The molecule has 10 heteroatoms. The van der Waals surface area contributed by atoms with Crippen LogP contribution in [0.25, 0.3) is 11.3 Å². The molecule has 0 atom stereocenters. The van der Waals surface area contributed by atoms with Crippen molar-refractivity contribution in [2.75, 3.05) is 13.1 Å². The molecule has 0 aliphatic heterocycles. The molecule has 0 aliphatic rings. The van der Waals surface area contributed by atoms with Gasteiger partial charge in [-0.2, -0.15) is 0 Å². The number of aromatic nitrogens is 1. The second-order valence-corrected chi connectivity index (χ2v) is 5.21. The average molecular weight is 384 g/mol. The molecule has 2 rings (SSSR count). The van der Waals surface area contributed by atoms with Crippen molar-refractivity contribution in [2.24, 2.45) is 5.73 Å². The van der Waals surface area contributed by atoms with Crippen LogP contribution in [0.15, 0.2) is 22.7 Å². The van der Waals surface area contributed by atoms with E-state index in [1.54, 1.807) is 0 Å². The van der Waals surface area contributed by atoms with Gasteiger partial charge < -0.3 is 15.6 Å². The first-order valence-corrected chi connectivity index (χ1v) is 6.91. The number of carbonyl (C=O) groups is 1. The van der Waals surface area contributed by atoms with E-state index < -0.39 is 30.7 Å². The molecule has 0 bridgehead atoms. The molecule has 1 heterocycles. The Morgan fingerprint density at radius 1 is 1.46 bits per heavy atom. The van der Waals surface area contributed by atoms with Gasteiger partial charge in [0.1, 0.15) is 22.8 Å². The van der Waals surface area contributed by atoms with Crippen molar-refractivity contribution in [3.8, 4) is 11.3 Å². The largest absolute Gasteiger partial charge is 0.360 e. The monoisotopic (exact) mass is 383 g/mol. The smallest absolute Gasteiger partial charge is 0.277 e. The molecule has 24 heavy (non-hydrogen) atoms. The first-order valence-electron chi connectivity index (χ1n) is 6.53. The number of amides is 1. The lowest BCUT2D eigenvalue weighted by Crippen LogP contribution is -2.41. The van der Waals surface area contributed by atoms with Crippen molar-refractivity contribution in [2.45, 2.75) is 12.8 Å². The van der Waals surface area contributed by atoms with Crippen LogP contribution in [0.2, 0.25) is 5.02 Å². The Bertz CT molecular complexity index is 718. The quantitative estimate of drug-likeness (QED) is 0.830. The maximum atomic E-state index is 14.0. The summed E-state index contributed by atoms with van der Waals surface area (Å²) in [4.78, 5) is 12.2. The van der Waals surface area contributed by atoms with Crippen LogP contribution < -0.4 is 11.1 Å². The number of nitrogens with one attached hydrogen (secondary N) is 1. The summed E-state index contributed by atoms with van der Waals surface area (Å²) in [6.07, 6.45) is 0. The molecule has 0 fully saturated rings. The van der Waals surface area contributed by atoms with E-state index in [-0.39, 0.29) is 40.0 Å². The van der Waals surface area contributed by atoms with Crippen molar-refractivity contribution in [1.82, 2.24) is 10.5 Å². The maximum Gasteiger partial charge on any atom is 0.277 e. The fraction of sp³-hybridized carbons (Fsp3) is 0.286. The highest BCUT2D eigenvalue weighted by Gasteiger charge is 2.30. The lowest BCUT2D eigenvalue weighted by Gasteiger charge is -2.14. The summed E-state index contributed by atoms with van der Waals surface area (Å²) >= 11 is 5.93. The fourth-order valence-electron chi connectivity index (χ4n) is 1.90. The van der Waals surface area contributed by atoms with E-state index in [1.165, 1.54) is 19.1 Å². The Labute approximate surface area is 146 Å². The highest BCUT2D eigenvalue weighted by molar-refractivity contribution is 6.33. The molecule has 0 spiro atoms. The van der Waals surface area contributed by atoms with E-state index in [9.17, 15) is 18.0 Å². The summed E-state index contributed by atoms with van der Waals surface area (Å²) in [6, 6.07) is 3.93. The normalized spacial score (nSPS) is 11.1.